The molecule has 1 saturated heterocycles. The molecular weight excluding hydrogens is 356 g/mol. The number of hydrogen-bond donors (Lipinski definition) is 0. The average molecular weight is 386 g/mol. The Bertz CT molecular complexity index is 707. The third kappa shape index (κ3) is 4.05. The number of piperidine rings is 1. The van der Waals surface area contributed by atoms with Gasteiger partial charge in [0, 0.05) is 20.1 Å². The molecule has 1 aromatic rings. The van der Waals surface area contributed by atoms with Gasteiger partial charge in [0.05, 0.1) is 24.5 Å². The van der Waals surface area contributed by atoms with E-state index < -0.39 is 5.41 Å². The first-order chi connectivity index (χ1) is 13.5. The molecule has 0 atom stereocenters. The standard InChI is InChI=1S/C22H30N2O4/c1-3-28-20(26)17-10-14-24(15-11-17)19(25)16-23(2)21(27)22(12-7-13-22)18-8-5-4-6-9-18/h4-6,8-9,17H,3,7,10-16H2,1-2H3. The Morgan fingerprint density at radius 2 is 1.79 bits per heavy atom. The van der Waals surface area contributed by atoms with Gasteiger partial charge in [-0.3, -0.25) is 14.4 Å². The molecule has 6 heteroatoms. The van der Waals surface area contributed by atoms with Crippen molar-refractivity contribution in [2.45, 2.75) is 44.4 Å². The zero-order chi connectivity index (χ0) is 20.1. The van der Waals surface area contributed by atoms with Gasteiger partial charge in [0.2, 0.25) is 11.8 Å². The van der Waals surface area contributed by atoms with E-state index >= 15 is 0 Å². The SMILES string of the molecule is CCOC(=O)C1CCN(C(=O)CN(C)C(=O)C2(c3ccccc3)CCC2)CC1. The summed E-state index contributed by atoms with van der Waals surface area (Å²) in [6.45, 7) is 3.33. The lowest BCUT2D eigenvalue weighted by Crippen LogP contribution is -2.53. The lowest BCUT2D eigenvalue weighted by molar-refractivity contribution is -0.151. The van der Waals surface area contributed by atoms with Crippen LogP contribution in [0.5, 0.6) is 0 Å². The first-order valence-corrected chi connectivity index (χ1v) is 10.2. The Kier molecular flexibility index (Phi) is 6.37. The van der Waals surface area contributed by atoms with Crippen LogP contribution in [0.1, 0.15) is 44.6 Å². The molecular formula is C22H30N2O4. The number of rotatable bonds is 6. The summed E-state index contributed by atoms with van der Waals surface area (Å²) in [7, 11) is 1.72. The fraction of sp³-hybridized carbons (Fsp3) is 0.591. The number of likely N-dealkylation sites (tertiary alicyclic amines) is 1. The number of esters is 1. The summed E-state index contributed by atoms with van der Waals surface area (Å²) < 4.78 is 5.08. The molecule has 6 nitrogen and oxygen atoms in total. The summed E-state index contributed by atoms with van der Waals surface area (Å²) in [6, 6.07) is 9.89. The fourth-order valence-electron chi connectivity index (χ4n) is 4.28. The van der Waals surface area contributed by atoms with E-state index in [9.17, 15) is 14.4 Å². The van der Waals surface area contributed by atoms with Crippen molar-refractivity contribution in [2.75, 3.05) is 33.3 Å². The second-order valence-corrected chi connectivity index (χ2v) is 7.87. The highest BCUT2D eigenvalue weighted by atomic mass is 16.5. The van der Waals surface area contributed by atoms with Crippen LogP contribution in [0.4, 0.5) is 0 Å². The van der Waals surface area contributed by atoms with Gasteiger partial charge in [0.25, 0.3) is 0 Å². The maximum Gasteiger partial charge on any atom is 0.309 e. The first-order valence-electron chi connectivity index (χ1n) is 10.2. The van der Waals surface area contributed by atoms with Crippen LogP contribution in [-0.2, 0) is 24.5 Å². The molecule has 1 aromatic carbocycles. The smallest absolute Gasteiger partial charge is 0.309 e. The maximum atomic E-state index is 13.2. The molecule has 1 aliphatic carbocycles. The molecule has 2 amide bonds. The third-order valence-electron chi connectivity index (χ3n) is 6.13. The molecule has 1 saturated carbocycles. The number of benzene rings is 1. The second kappa shape index (κ2) is 8.76. The highest BCUT2D eigenvalue weighted by Crippen LogP contribution is 2.45. The van der Waals surface area contributed by atoms with E-state index in [1.807, 2.05) is 30.3 Å². The zero-order valence-electron chi connectivity index (χ0n) is 16.9. The minimum Gasteiger partial charge on any atom is -0.466 e. The second-order valence-electron chi connectivity index (χ2n) is 7.87. The third-order valence-corrected chi connectivity index (χ3v) is 6.13. The lowest BCUT2D eigenvalue weighted by Gasteiger charge is -2.43. The van der Waals surface area contributed by atoms with Crippen molar-refractivity contribution in [3.63, 3.8) is 0 Å². The molecule has 3 rings (SSSR count). The predicted octanol–water partition coefficient (Wildman–Crippen LogP) is 2.37. The van der Waals surface area contributed by atoms with Crippen molar-refractivity contribution in [3.05, 3.63) is 35.9 Å². The zero-order valence-corrected chi connectivity index (χ0v) is 16.9. The molecule has 2 aliphatic rings. The molecule has 28 heavy (non-hydrogen) atoms. The van der Waals surface area contributed by atoms with Crippen LogP contribution in [-0.4, -0.2) is 60.9 Å². The normalized spacial score (nSPS) is 18.9. The summed E-state index contributed by atoms with van der Waals surface area (Å²) in [5.41, 5.74) is 0.563. The van der Waals surface area contributed by atoms with Crippen LogP contribution in [0.2, 0.25) is 0 Å². The molecule has 0 spiro atoms. The van der Waals surface area contributed by atoms with Gasteiger partial charge in [-0.2, -0.15) is 0 Å². The average Bonchev–Trinajstić information content (AvgIpc) is 2.68. The largest absolute Gasteiger partial charge is 0.466 e. The highest BCUT2D eigenvalue weighted by molar-refractivity contribution is 5.92. The molecule has 1 aliphatic heterocycles. The van der Waals surface area contributed by atoms with Crippen LogP contribution in [0, 0.1) is 5.92 Å². The van der Waals surface area contributed by atoms with Gasteiger partial charge in [-0.1, -0.05) is 36.8 Å². The number of carbonyl (C=O) groups is 3. The van der Waals surface area contributed by atoms with Gasteiger partial charge in [0.15, 0.2) is 0 Å². The summed E-state index contributed by atoms with van der Waals surface area (Å²) >= 11 is 0. The minimum absolute atomic E-state index is 0.0275. The Morgan fingerprint density at radius 3 is 2.32 bits per heavy atom. The summed E-state index contributed by atoms with van der Waals surface area (Å²) in [4.78, 5) is 41.1. The van der Waals surface area contributed by atoms with E-state index in [2.05, 4.69) is 0 Å². The Labute approximate surface area is 166 Å². The van der Waals surface area contributed by atoms with E-state index in [4.69, 9.17) is 4.74 Å². The quantitative estimate of drug-likeness (QED) is 0.704. The van der Waals surface area contributed by atoms with Crippen LogP contribution < -0.4 is 0 Å². The monoisotopic (exact) mass is 386 g/mol. The number of carbonyl (C=O) groups excluding carboxylic acids is 3. The minimum atomic E-state index is -0.479. The molecule has 152 valence electrons. The van der Waals surface area contributed by atoms with Gasteiger partial charge in [0.1, 0.15) is 0 Å². The van der Waals surface area contributed by atoms with E-state index in [0.717, 1.165) is 24.8 Å². The van der Waals surface area contributed by atoms with Crippen molar-refractivity contribution in [1.29, 1.82) is 0 Å². The van der Waals surface area contributed by atoms with Crippen molar-refractivity contribution in [2.24, 2.45) is 5.92 Å². The number of hydrogen-bond acceptors (Lipinski definition) is 4. The van der Waals surface area contributed by atoms with Crippen molar-refractivity contribution >= 4 is 17.8 Å². The highest BCUT2D eigenvalue weighted by Gasteiger charge is 2.47. The van der Waals surface area contributed by atoms with Crippen molar-refractivity contribution in [3.8, 4) is 0 Å². The Balaban J connectivity index is 1.56. The first kappa shape index (κ1) is 20.4. The summed E-state index contributed by atoms with van der Waals surface area (Å²) in [6.07, 6.45) is 3.94. The summed E-state index contributed by atoms with van der Waals surface area (Å²) in [5.74, 6) is -0.322. The molecule has 0 aromatic heterocycles. The molecule has 1 heterocycles. The lowest BCUT2D eigenvalue weighted by atomic mass is 9.63. The fourth-order valence-corrected chi connectivity index (χ4v) is 4.28. The Morgan fingerprint density at radius 1 is 1.14 bits per heavy atom. The van der Waals surface area contributed by atoms with Gasteiger partial charge < -0.3 is 14.5 Å². The number of amides is 2. The molecule has 0 N–H and O–H groups in total. The van der Waals surface area contributed by atoms with Crippen LogP contribution in [0.15, 0.2) is 30.3 Å². The Hall–Kier alpha value is -2.37. The van der Waals surface area contributed by atoms with Crippen LogP contribution in [0.25, 0.3) is 0 Å². The van der Waals surface area contributed by atoms with E-state index in [0.29, 0.717) is 32.5 Å². The van der Waals surface area contributed by atoms with Crippen molar-refractivity contribution < 1.29 is 19.1 Å². The topological polar surface area (TPSA) is 66.9 Å². The number of ether oxygens (including phenoxy) is 1. The number of nitrogens with zero attached hydrogens (tertiary/aromatic N) is 2. The van der Waals surface area contributed by atoms with E-state index in [-0.39, 0.29) is 30.2 Å². The molecule has 0 radical (unpaired) electrons. The van der Waals surface area contributed by atoms with Crippen molar-refractivity contribution in [1.82, 2.24) is 9.80 Å². The number of likely N-dealkylation sites (N-methyl/N-ethyl adjacent to an activating group) is 1. The maximum absolute atomic E-state index is 13.2. The van der Waals surface area contributed by atoms with Gasteiger partial charge >= 0.3 is 5.97 Å². The van der Waals surface area contributed by atoms with E-state index in [1.54, 1.807) is 23.8 Å². The van der Waals surface area contributed by atoms with E-state index in [1.165, 1.54) is 0 Å². The molecule has 0 unspecified atom stereocenters. The predicted molar refractivity (Wildman–Crippen MR) is 106 cm³/mol. The molecule has 0 bridgehead atoms. The van der Waals surface area contributed by atoms with Gasteiger partial charge in [-0.15, -0.1) is 0 Å². The van der Waals surface area contributed by atoms with Gasteiger partial charge in [-0.25, -0.2) is 0 Å². The van der Waals surface area contributed by atoms with Crippen LogP contribution >= 0.6 is 0 Å². The molecule has 2 fully saturated rings. The summed E-state index contributed by atoms with van der Waals surface area (Å²) in [5, 5.41) is 0. The van der Waals surface area contributed by atoms with Gasteiger partial charge in [-0.05, 0) is 38.2 Å². The van der Waals surface area contributed by atoms with Crippen LogP contribution in [0.3, 0.4) is 0 Å².